The quantitative estimate of drug-likeness (QED) is 0.788. The number of rotatable bonds is 5. The van der Waals surface area contributed by atoms with Gasteiger partial charge in [0.25, 0.3) is 6.43 Å². The second kappa shape index (κ2) is 6.23. The number of aromatic nitrogens is 3. The molecule has 2 aromatic rings. The molecule has 0 aliphatic heterocycles. The van der Waals surface area contributed by atoms with E-state index in [0.29, 0.717) is 0 Å². The Bertz CT molecular complexity index is 585. The van der Waals surface area contributed by atoms with Crippen molar-refractivity contribution >= 4 is 5.97 Å². The molecular weight excluding hydrogens is 268 g/mol. The fourth-order valence-corrected chi connectivity index (χ4v) is 1.64. The molecule has 2 rings (SSSR count). The molecule has 0 amide bonds. The SMILES string of the molecule is Cc1c(C(=O)OCc2ccccc2)nnn1CC(F)F. The normalized spacial score (nSPS) is 10.8. The van der Waals surface area contributed by atoms with Crippen LogP contribution in [0.4, 0.5) is 8.78 Å². The maximum Gasteiger partial charge on any atom is 0.361 e. The number of ether oxygens (including phenoxy) is 1. The van der Waals surface area contributed by atoms with Crippen molar-refractivity contribution in [3.05, 3.63) is 47.3 Å². The summed E-state index contributed by atoms with van der Waals surface area (Å²) in [4.78, 5) is 11.8. The lowest BCUT2D eigenvalue weighted by Crippen LogP contribution is -2.11. The van der Waals surface area contributed by atoms with E-state index in [1.165, 1.54) is 6.92 Å². The van der Waals surface area contributed by atoms with Crippen molar-refractivity contribution in [2.45, 2.75) is 26.5 Å². The summed E-state index contributed by atoms with van der Waals surface area (Å²) < 4.78 is 30.6. The van der Waals surface area contributed by atoms with Crippen LogP contribution in [0.5, 0.6) is 0 Å². The molecule has 0 unspecified atom stereocenters. The molecule has 106 valence electrons. The molecule has 0 N–H and O–H groups in total. The van der Waals surface area contributed by atoms with Crippen LogP contribution in [0.3, 0.4) is 0 Å². The molecule has 0 spiro atoms. The van der Waals surface area contributed by atoms with Gasteiger partial charge in [-0.25, -0.2) is 18.3 Å². The highest BCUT2D eigenvalue weighted by Crippen LogP contribution is 2.09. The summed E-state index contributed by atoms with van der Waals surface area (Å²) in [5, 5.41) is 7.10. The average Bonchev–Trinajstić information content (AvgIpc) is 2.78. The Labute approximate surface area is 114 Å². The van der Waals surface area contributed by atoms with Crippen LogP contribution in [-0.2, 0) is 17.9 Å². The van der Waals surface area contributed by atoms with Crippen molar-refractivity contribution in [3.8, 4) is 0 Å². The fraction of sp³-hybridized carbons (Fsp3) is 0.308. The van der Waals surface area contributed by atoms with Gasteiger partial charge >= 0.3 is 5.97 Å². The van der Waals surface area contributed by atoms with Crippen LogP contribution in [0.15, 0.2) is 30.3 Å². The molecule has 0 saturated heterocycles. The Hall–Kier alpha value is -2.31. The van der Waals surface area contributed by atoms with Gasteiger partial charge < -0.3 is 4.74 Å². The minimum absolute atomic E-state index is 0.0402. The summed E-state index contributed by atoms with van der Waals surface area (Å²) in [5.41, 5.74) is 1.06. The molecular formula is C13H13F2N3O2. The van der Waals surface area contributed by atoms with Crippen molar-refractivity contribution in [2.75, 3.05) is 0 Å². The van der Waals surface area contributed by atoms with Gasteiger partial charge in [-0.3, -0.25) is 0 Å². The van der Waals surface area contributed by atoms with Gasteiger partial charge in [-0.2, -0.15) is 0 Å². The summed E-state index contributed by atoms with van der Waals surface area (Å²) in [5.74, 6) is -0.674. The molecule has 1 heterocycles. The zero-order valence-corrected chi connectivity index (χ0v) is 10.8. The minimum atomic E-state index is -2.55. The number of halogens is 2. The first-order chi connectivity index (χ1) is 9.58. The van der Waals surface area contributed by atoms with Crippen molar-refractivity contribution in [3.63, 3.8) is 0 Å². The highest BCUT2D eigenvalue weighted by molar-refractivity contribution is 5.88. The zero-order valence-electron chi connectivity index (χ0n) is 10.8. The highest BCUT2D eigenvalue weighted by atomic mass is 19.3. The van der Waals surface area contributed by atoms with E-state index in [9.17, 15) is 13.6 Å². The number of esters is 1. The molecule has 0 saturated carbocycles. The number of hydrogen-bond acceptors (Lipinski definition) is 4. The predicted octanol–water partition coefficient (Wildman–Crippen LogP) is 2.21. The van der Waals surface area contributed by atoms with Crippen molar-refractivity contribution in [1.82, 2.24) is 15.0 Å². The topological polar surface area (TPSA) is 57.0 Å². The average molecular weight is 281 g/mol. The molecule has 5 nitrogen and oxygen atoms in total. The first-order valence-electron chi connectivity index (χ1n) is 5.97. The van der Waals surface area contributed by atoms with Gasteiger partial charge in [-0.15, -0.1) is 5.10 Å². The van der Waals surface area contributed by atoms with Crippen molar-refractivity contribution in [2.24, 2.45) is 0 Å². The van der Waals surface area contributed by atoms with Gasteiger partial charge in [-0.1, -0.05) is 35.5 Å². The highest BCUT2D eigenvalue weighted by Gasteiger charge is 2.19. The van der Waals surface area contributed by atoms with Crippen LogP contribution >= 0.6 is 0 Å². The fourth-order valence-electron chi connectivity index (χ4n) is 1.64. The number of carbonyl (C=O) groups is 1. The molecule has 0 atom stereocenters. The van der Waals surface area contributed by atoms with E-state index in [0.717, 1.165) is 10.2 Å². The Kier molecular flexibility index (Phi) is 4.39. The third kappa shape index (κ3) is 3.37. The Morgan fingerprint density at radius 3 is 2.70 bits per heavy atom. The minimum Gasteiger partial charge on any atom is -0.456 e. The van der Waals surface area contributed by atoms with E-state index in [4.69, 9.17) is 4.74 Å². The molecule has 1 aromatic carbocycles. The molecule has 0 aliphatic carbocycles. The molecule has 0 bridgehead atoms. The lowest BCUT2D eigenvalue weighted by Gasteiger charge is -2.04. The van der Waals surface area contributed by atoms with Crippen LogP contribution in [0.25, 0.3) is 0 Å². The maximum atomic E-state index is 12.3. The number of hydrogen-bond donors (Lipinski definition) is 0. The summed E-state index contributed by atoms with van der Waals surface area (Å²) in [6.45, 7) is 1.01. The van der Waals surface area contributed by atoms with E-state index in [2.05, 4.69) is 10.3 Å². The molecule has 1 aromatic heterocycles. The van der Waals surface area contributed by atoms with E-state index in [1.54, 1.807) is 0 Å². The standard InChI is InChI=1S/C13H13F2N3O2/c1-9-12(16-17-18(9)7-11(14)15)13(19)20-8-10-5-3-2-4-6-10/h2-6,11H,7-8H2,1H3. The van der Waals surface area contributed by atoms with Gasteiger partial charge in [0, 0.05) is 0 Å². The second-order valence-corrected chi connectivity index (χ2v) is 4.16. The number of nitrogens with zero attached hydrogens (tertiary/aromatic N) is 3. The van der Waals surface area contributed by atoms with Gasteiger partial charge in [0.2, 0.25) is 0 Å². The Morgan fingerprint density at radius 2 is 2.05 bits per heavy atom. The summed E-state index contributed by atoms with van der Waals surface area (Å²) in [6, 6.07) is 9.13. The zero-order chi connectivity index (χ0) is 14.5. The summed E-state index contributed by atoms with van der Waals surface area (Å²) in [6.07, 6.45) is -2.55. The van der Waals surface area contributed by atoms with E-state index < -0.39 is 18.9 Å². The third-order valence-corrected chi connectivity index (χ3v) is 2.70. The van der Waals surface area contributed by atoms with Gasteiger partial charge in [0.05, 0.1) is 5.69 Å². The van der Waals surface area contributed by atoms with Crippen LogP contribution < -0.4 is 0 Å². The lowest BCUT2D eigenvalue weighted by molar-refractivity contribution is 0.0464. The van der Waals surface area contributed by atoms with Crippen LogP contribution in [0.1, 0.15) is 21.7 Å². The largest absolute Gasteiger partial charge is 0.456 e. The second-order valence-electron chi connectivity index (χ2n) is 4.16. The predicted molar refractivity (Wildman–Crippen MR) is 66.3 cm³/mol. The van der Waals surface area contributed by atoms with E-state index >= 15 is 0 Å². The maximum absolute atomic E-state index is 12.3. The van der Waals surface area contributed by atoms with Gasteiger partial charge in [0.15, 0.2) is 5.69 Å². The summed E-state index contributed by atoms with van der Waals surface area (Å²) in [7, 11) is 0. The van der Waals surface area contributed by atoms with Crippen molar-refractivity contribution < 1.29 is 18.3 Å². The van der Waals surface area contributed by atoms with Crippen molar-refractivity contribution in [1.29, 1.82) is 0 Å². The molecule has 20 heavy (non-hydrogen) atoms. The Balaban J connectivity index is 2.01. The molecule has 0 radical (unpaired) electrons. The van der Waals surface area contributed by atoms with Crippen LogP contribution in [0.2, 0.25) is 0 Å². The monoisotopic (exact) mass is 281 g/mol. The third-order valence-electron chi connectivity index (χ3n) is 2.70. The van der Waals surface area contributed by atoms with Gasteiger partial charge in [0.1, 0.15) is 13.2 Å². The van der Waals surface area contributed by atoms with Crippen LogP contribution in [0, 0.1) is 6.92 Å². The molecule has 0 fully saturated rings. The number of carbonyl (C=O) groups excluding carboxylic acids is 1. The molecule has 0 aliphatic rings. The Morgan fingerprint density at radius 1 is 1.35 bits per heavy atom. The summed E-state index contributed by atoms with van der Waals surface area (Å²) >= 11 is 0. The van der Waals surface area contributed by atoms with Crippen LogP contribution in [-0.4, -0.2) is 27.4 Å². The smallest absolute Gasteiger partial charge is 0.361 e. The van der Waals surface area contributed by atoms with E-state index in [1.807, 2.05) is 30.3 Å². The first kappa shape index (κ1) is 14.1. The van der Waals surface area contributed by atoms with Gasteiger partial charge in [-0.05, 0) is 12.5 Å². The van der Waals surface area contributed by atoms with E-state index in [-0.39, 0.29) is 18.0 Å². The number of benzene rings is 1. The first-order valence-corrected chi connectivity index (χ1v) is 5.97. The molecule has 7 heteroatoms. The lowest BCUT2D eigenvalue weighted by atomic mass is 10.2. The number of alkyl halides is 2.